The number of hydrogen-bond donors (Lipinski definition) is 2. The quantitative estimate of drug-likeness (QED) is 0.261. The highest BCUT2D eigenvalue weighted by Gasteiger charge is 1.97. The van der Waals surface area contributed by atoms with E-state index in [2.05, 4.69) is 85.6 Å². The lowest BCUT2D eigenvalue weighted by atomic mass is 10.4. The summed E-state index contributed by atoms with van der Waals surface area (Å²) >= 11 is 14.6. The molecule has 0 amide bonds. The fraction of sp³-hybridized carbons (Fsp3) is 0.333. The molecule has 0 fully saturated rings. The highest BCUT2D eigenvalue weighted by molar-refractivity contribution is 8.00. The van der Waals surface area contributed by atoms with Gasteiger partial charge >= 0.3 is 0 Å². The summed E-state index contributed by atoms with van der Waals surface area (Å²) < 4.78 is 0. The van der Waals surface area contributed by atoms with Crippen LogP contribution in [0.3, 0.4) is 0 Å². The molecule has 5 heteroatoms. The first kappa shape index (κ1) is 19.5. The van der Waals surface area contributed by atoms with Crippen molar-refractivity contribution < 1.29 is 0 Å². The van der Waals surface area contributed by atoms with Gasteiger partial charge in [0.2, 0.25) is 0 Å². The van der Waals surface area contributed by atoms with Crippen LogP contribution < -0.4 is 0 Å². The van der Waals surface area contributed by atoms with Gasteiger partial charge in [-0.1, -0.05) is 0 Å². The van der Waals surface area contributed by atoms with E-state index < -0.39 is 0 Å². The summed E-state index contributed by atoms with van der Waals surface area (Å²) in [7, 11) is 0. The van der Waals surface area contributed by atoms with E-state index in [1.165, 1.54) is 45.6 Å². The van der Waals surface area contributed by atoms with Crippen molar-refractivity contribution in [2.75, 3.05) is 23.0 Å². The molecule has 0 bridgehead atoms. The molecule has 0 aliphatic rings. The molecule has 0 N–H and O–H groups in total. The van der Waals surface area contributed by atoms with Crippen molar-refractivity contribution in [3.8, 4) is 0 Å². The molecule has 0 aliphatic carbocycles. The Morgan fingerprint density at radius 3 is 1.35 bits per heavy atom. The SMILES string of the molecule is Sc1ccc(SCCCSCCCSc2ccc(S)cc2)cc1. The predicted molar refractivity (Wildman–Crippen MR) is 115 cm³/mol. The highest BCUT2D eigenvalue weighted by atomic mass is 32.2. The van der Waals surface area contributed by atoms with Gasteiger partial charge in [-0.15, -0.1) is 48.8 Å². The number of hydrogen-bond acceptors (Lipinski definition) is 5. The fourth-order valence-corrected chi connectivity index (χ4v) is 5.16. The van der Waals surface area contributed by atoms with Crippen LogP contribution in [0.15, 0.2) is 68.1 Å². The van der Waals surface area contributed by atoms with E-state index >= 15 is 0 Å². The van der Waals surface area contributed by atoms with Gasteiger partial charge in [-0.25, -0.2) is 0 Å². The Morgan fingerprint density at radius 1 is 0.565 bits per heavy atom. The molecule has 2 aromatic carbocycles. The molecule has 0 aromatic heterocycles. The van der Waals surface area contributed by atoms with E-state index in [9.17, 15) is 0 Å². The zero-order valence-corrected chi connectivity index (χ0v) is 17.2. The first-order valence-electron chi connectivity index (χ1n) is 7.65. The van der Waals surface area contributed by atoms with Gasteiger partial charge in [0.1, 0.15) is 0 Å². The summed E-state index contributed by atoms with van der Waals surface area (Å²) in [5.41, 5.74) is 0. The Balaban J connectivity index is 1.43. The molecule has 124 valence electrons. The Bertz CT molecular complexity index is 499. The number of rotatable bonds is 10. The van der Waals surface area contributed by atoms with E-state index in [0.29, 0.717) is 0 Å². The molecule has 0 aliphatic heterocycles. The van der Waals surface area contributed by atoms with Crippen molar-refractivity contribution in [2.45, 2.75) is 32.4 Å². The molecule has 0 spiro atoms. The Morgan fingerprint density at radius 2 is 0.957 bits per heavy atom. The second-order valence-electron chi connectivity index (χ2n) is 5.00. The van der Waals surface area contributed by atoms with Crippen molar-refractivity contribution in [3.05, 3.63) is 48.5 Å². The van der Waals surface area contributed by atoms with Gasteiger partial charge in [-0.2, -0.15) is 11.8 Å². The smallest absolute Gasteiger partial charge is 0.00727 e. The molecular weight excluding hydrogens is 377 g/mol. The normalized spacial score (nSPS) is 10.9. The minimum Gasteiger partial charge on any atom is -0.162 e. The number of thioether (sulfide) groups is 3. The van der Waals surface area contributed by atoms with Gasteiger partial charge in [0.15, 0.2) is 0 Å². The minimum absolute atomic E-state index is 1.03. The molecule has 23 heavy (non-hydrogen) atoms. The summed E-state index contributed by atoms with van der Waals surface area (Å²) in [5.74, 6) is 4.92. The average molecular weight is 399 g/mol. The third kappa shape index (κ3) is 8.73. The van der Waals surface area contributed by atoms with Crippen molar-refractivity contribution in [1.29, 1.82) is 0 Å². The topological polar surface area (TPSA) is 0 Å². The molecule has 0 heterocycles. The maximum atomic E-state index is 4.31. The maximum absolute atomic E-state index is 4.31. The predicted octanol–water partition coefficient (Wildman–Crippen LogP) is 6.66. The van der Waals surface area contributed by atoms with Gasteiger partial charge in [0.05, 0.1) is 0 Å². The van der Waals surface area contributed by atoms with Crippen LogP contribution in [0.5, 0.6) is 0 Å². The summed E-state index contributed by atoms with van der Waals surface area (Å²) in [6.07, 6.45) is 2.54. The molecule has 2 aromatic rings. The van der Waals surface area contributed by atoms with Gasteiger partial charge < -0.3 is 0 Å². The third-order valence-corrected chi connectivity index (χ3v) is 7.02. The van der Waals surface area contributed by atoms with E-state index in [1.54, 1.807) is 0 Å². The maximum Gasteiger partial charge on any atom is 0.00727 e. The molecule has 0 saturated heterocycles. The fourth-order valence-electron chi connectivity index (χ4n) is 1.89. The van der Waals surface area contributed by atoms with Crippen LogP contribution in [0.25, 0.3) is 0 Å². The summed E-state index contributed by atoms with van der Waals surface area (Å²) in [5, 5.41) is 0. The average Bonchev–Trinajstić information content (AvgIpc) is 2.56. The second kappa shape index (κ2) is 11.7. The zero-order valence-electron chi connectivity index (χ0n) is 13.0. The van der Waals surface area contributed by atoms with Crippen LogP contribution in [0.1, 0.15) is 12.8 Å². The number of thiol groups is 2. The molecule has 0 nitrogen and oxygen atoms in total. The highest BCUT2D eigenvalue weighted by Crippen LogP contribution is 2.23. The van der Waals surface area contributed by atoms with Gasteiger partial charge in [0.25, 0.3) is 0 Å². The van der Waals surface area contributed by atoms with Gasteiger partial charge in [-0.05, 0) is 84.4 Å². The monoisotopic (exact) mass is 398 g/mol. The standard InChI is InChI=1S/C18H22S5/c19-15-3-7-17(8-4-15)22-13-1-11-21-12-2-14-23-18-9-5-16(20)6-10-18/h3-10,19-20H,1-2,11-14H2. The Labute approximate surface area is 163 Å². The lowest BCUT2D eigenvalue weighted by Gasteiger charge is -2.04. The third-order valence-electron chi connectivity index (χ3n) is 3.08. The van der Waals surface area contributed by atoms with Crippen molar-refractivity contribution in [2.24, 2.45) is 0 Å². The van der Waals surface area contributed by atoms with Crippen LogP contribution in [0.2, 0.25) is 0 Å². The van der Waals surface area contributed by atoms with Crippen LogP contribution in [-0.2, 0) is 0 Å². The Hall–Kier alpha value is 0.190. The van der Waals surface area contributed by atoms with Crippen LogP contribution >= 0.6 is 60.5 Å². The van der Waals surface area contributed by atoms with Crippen LogP contribution in [0, 0.1) is 0 Å². The molecule has 0 radical (unpaired) electrons. The van der Waals surface area contributed by atoms with E-state index in [0.717, 1.165) is 9.79 Å². The van der Waals surface area contributed by atoms with Crippen LogP contribution in [0.4, 0.5) is 0 Å². The van der Waals surface area contributed by atoms with Crippen molar-refractivity contribution in [3.63, 3.8) is 0 Å². The molecule has 0 saturated carbocycles. The van der Waals surface area contributed by atoms with Gasteiger partial charge in [0, 0.05) is 19.6 Å². The van der Waals surface area contributed by atoms with Crippen molar-refractivity contribution >= 4 is 60.5 Å². The molecule has 2 rings (SSSR count). The molecule has 0 unspecified atom stereocenters. The zero-order chi connectivity index (χ0) is 16.3. The lowest BCUT2D eigenvalue weighted by molar-refractivity contribution is 1.09. The first-order chi connectivity index (χ1) is 11.2. The molecular formula is C18H22S5. The lowest BCUT2D eigenvalue weighted by Crippen LogP contribution is -1.89. The summed E-state index contributed by atoms with van der Waals surface area (Å²) in [6, 6.07) is 16.8. The van der Waals surface area contributed by atoms with E-state index in [-0.39, 0.29) is 0 Å². The Kier molecular flexibility index (Phi) is 9.92. The van der Waals surface area contributed by atoms with E-state index in [4.69, 9.17) is 0 Å². The molecule has 0 atom stereocenters. The minimum atomic E-state index is 1.03. The largest absolute Gasteiger partial charge is 0.162 e. The van der Waals surface area contributed by atoms with E-state index in [1.807, 2.05) is 23.5 Å². The number of benzene rings is 2. The first-order valence-corrected chi connectivity index (χ1v) is 11.7. The van der Waals surface area contributed by atoms with Gasteiger partial charge in [-0.3, -0.25) is 0 Å². The second-order valence-corrected chi connectivity index (χ2v) is 9.60. The van der Waals surface area contributed by atoms with Crippen molar-refractivity contribution in [1.82, 2.24) is 0 Å². The summed E-state index contributed by atoms with van der Waals surface area (Å²) in [6.45, 7) is 0. The van der Waals surface area contributed by atoms with Crippen LogP contribution in [-0.4, -0.2) is 23.0 Å². The summed E-state index contributed by atoms with van der Waals surface area (Å²) in [4.78, 5) is 4.75.